The van der Waals surface area contributed by atoms with Gasteiger partial charge in [0.1, 0.15) is 0 Å². The predicted molar refractivity (Wildman–Crippen MR) is 239 cm³/mol. The average molecular weight is 839 g/mol. The molecule has 0 bridgehead atoms. The Labute approximate surface area is 363 Å². The third kappa shape index (κ3) is 6.86. The van der Waals surface area contributed by atoms with Crippen LogP contribution in [-0.4, -0.2) is 114 Å². The van der Waals surface area contributed by atoms with E-state index in [2.05, 4.69) is 0 Å². The van der Waals surface area contributed by atoms with Crippen molar-refractivity contribution in [3.05, 3.63) is 168 Å². The number of hydrogen-bond acceptors (Lipinski definition) is 12. The SMILES string of the molecule is COC1(OC)C=CC(C2(C3(C4C=CC(OC)(OC)CC4(OC)OC)N=C(c4ccccc4)C(c4ccccc4)=N3)N=C(c3ccccc3)C(c3ccccc3)=N2)C(OC)(OC)C1. The second-order valence-electron chi connectivity index (χ2n) is 15.7. The van der Waals surface area contributed by atoms with E-state index in [4.69, 9.17) is 57.9 Å². The van der Waals surface area contributed by atoms with E-state index in [0.29, 0.717) is 22.8 Å². The highest BCUT2D eigenvalue weighted by Gasteiger charge is 2.74. The van der Waals surface area contributed by atoms with Gasteiger partial charge in [-0.15, -0.1) is 0 Å². The van der Waals surface area contributed by atoms with Crippen LogP contribution < -0.4 is 0 Å². The first-order chi connectivity index (χ1) is 30.1. The van der Waals surface area contributed by atoms with Crippen LogP contribution in [0.3, 0.4) is 0 Å². The molecule has 12 heteroatoms. The van der Waals surface area contributed by atoms with Crippen LogP contribution in [-0.2, 0) is 37.9 Å². The number of benzene rings is 4. The summed E-state index contributed by atoms with van der Waals surface area (Å²) in [6.45, 7) is 0. The van der Waals surface area contributed by atoms with Gasteiger partial charge in [-0.25, -0.2) is 20.0 Å². The van der Waals surface area contributed by atoms with Gasteiger partial charge in [0.25, 0.3) is 0 Å². The van der Waals surface area contributed by atoms with E-state index in [1.807, 2.05) is 146 Å². The molecule has 0 spiro atoms. The number of rotatable bonds is 15. The molecule has 0 saturated heterocycles. The van der Waals surface area contributed by atoms with Crippen molar-refractivity contribution in [1.82, 2.24) is 0 Å². The number of nitrogens with zero attached hydrogens (tertiary/aromatic N) is 4. The Kier molecular flexibility index (Phi) is 12.0. The Hall–Kier alpha value is -5.28. The molecule has 2 aliphatic carbocycles. The van der Waals surface area contributed by atoms with E-state index in [9.17, 15) is 0 Å². The molecular weight excluding hydrogens is 785 g/mol. The summed E-state index contributed by atoms with van der Waals surface area (Å²) in [5.41, 5.74) is 2.40. The molecule has 2 heterocycles. The maximum Gasteiger partial charge on any atom is 0.208 e. The zero-order valence-electron chi connectivity index (χ0n) is 36.5. The van der Waals surface area contributed by atoms with Crippen LogP contribution in [0, 0.1) is 11.8 Å². The fraction of sp³-hybridized carbons (Fsp3) is 0.360. The van der Waals surface area contributed by atoms with E-state index in [1.54, 1.807) is 56.9 Å². The van der Waals surface area contributed by atoms with Crippen molar-refractivity contribution < 1.29 is 37.9 Å². The monoisotopic (exact) mass is 838 g/mol. The van der Waals surface area contributed by atoms with Gasteiger partial charge >= 0.3 is 0 Å². The lowest BCUT2D eigenvalue weighted by molar-refractivity contribution is -0.318. The molecule has 2 aliphatic heterocycles. The third-order valence-electron chi connectivity index (χ3n) is 13.0. The molecule has 62 heavy (non-hydrogen) atoms. The van der Waals surface area contributed by atoms with Crippen molar-refractivity contribution in [1.29, 1.82) is 0 Å². The Morgan fingerprint density at radius 3 is 0.806 bits per heavy atom. The molecule has 0 saturated carbocycles. The van der Waals surface area contributed by atoms with Gasteiger partial charge in [0, 0.05) is 79.1 Å². The molecule has 2 unspecified atom stereocenters. The summed E-state index contributed by atoms with van der Waals surface area (Å²) in [6.07, 6.45) is 7.87. The highest BCUT2D eigenvalue weighted by molar-refractivity contribution is 6.56. The van der Waals surface area contributed by atoms with Crippen molar-refractivity contribution in [3.8, 4) is 0 Å². The Bertz CT molecular complexity index is 2100. The maximum absolute atomic E-state index is 6.62. The first-order valence-electron chi connectivity index (χ1n) is 20.6. The lowest BCUT2D eigenvalue weighted by Crippen LogP contribution is -2.69. The minimum Gasteiger partial charge on any atom is -0.352 e. The minimum atomic E-state index is -1.74. The first-order valence-corrected chi connectivity index (χ1v) is 20.6. The molecule has 12 nitrogen and oxygen atoms in total. The van der Waals surface area contributed by atoms with Gasteiger partial charge in [-0.2, -0.15) is 0 Å². The molecule has 8 rings (SSSR count). The van der Waals surface area contributed by atoms with Crippen molar-refractivity contribution in [2.75, 3.05) is 56.9 Å². The van der Waals surface area contributed by atoms with Gasteiger partial charge < -0.3 is 37.9 Å². The van der Waals surface area contributed by atoms with Crippen LogP contribution >= 0.6 is 0 Å². The lowest BCUT2D eigenvalue weighted by Gasteiger charge is -2.56. The maximum atomic E-state index is 6.62. The quantitative estimate of drug-likeness (QED) is 0.0893. The zero-order valence-corrected chi connectivity index (χ0v) is 36.5. The van der Waals surface area contributed by atoms with Crippen LogP contribution in [0.1, 0.15) is 35.1 Å². The van der Waals surface area contributed by atoms with Crippen LogP contribution in [0.15, 0.2) is 166 Å². The van der Waals surface area contributed by atoms with Gasteiger partial charge in [-0.3, -0.25) is 0 Å². The molecule has 0 N–H and O–H groups in total. The summed E-state index contributed by atoms with van der Waals surface area (Å²) in [5.74, 6) is -7.23. The van der Waals surface area contributed by atoms with E-state index in [1.165, 1.54) is 0 Å². The summed E-state index contributed by atoms with van der Waals surface area (Å²) in [5, 5.41) is 0. The highest BCUT2D eigenvalue weighted by Crippen LogP contribution is 2.60. The molecule has 2 atom stereocenters. The van der Waals surface area contributed by atoms with Gasteiger partial charge in [0.15, 0.2) is 23.1 Å². The summed E-state index contributed by atoms with van der Waals surface area (Å²) in [7, 11) is 12.8. The molecule has 0 fully saturated rings. The van der Waals surface area contributed by atoms with Gasteiger partial charge in [-0.1, -0.05) is 133 Å². The summed E-state index contributed by atoms with van der Waals surface area (Å²) in [6, 6.07) is 40.1. The molecule has 0 aromatic heterocycles. The number of hydrogen-bond donors (Lipinski definition) is 0. The normalized spacial score (nSPS) is 23.6. The van der Waals surface area contributed by atoms with Crippen LogP contribution in [0.25, 0.3) is 0 Å². The van der Waals surface area contributed by atoms with E-state index in [-0.39, 0.29) is 12.8 Å². The topological polar surface area (TPSA) is 123 Å². The van der Waals surface area contributed by atoms with Gasteiger partial charge in [-0.05, 0) is 12.2 Å². The fourth-order valence-corrected chi connectivity index (χ4v) is 9.57. The molecule has 0 radical (unpaired) electrons. The average Bonchev–Trinajstić information content (AvgIpc) is 3.97. The molecular formula is C50H54N4O8. The Morgan fingerprint density at radius 1 is 0.355 bits per heavy atom. The zero-order chi connectivity index (χ0) is 43.6. The fourth-order valence-electron chi connectivity index (χ4n) is 9.57. The Balaban J connectivity index is 1.60. The third-order valence-corrected chi connectivity index (χ3v) is 13.0. The summed E-state index contributed by atoms with van der Waals surface area (Å²) in [4.78, 5) is 23.8. The van der Waals surface area contributed by atoms with Crippen LogP contribution in [0.4, 0.5) is 0 Å². The number of aliphatic imine (C=N–C) groups is 4. The highest BCUT2D eigenvalue weighted by atomic mass is 16.7. The minimum absolute atomic E-state index is 0.0898. The lowest BCUT2D eigenvalue weighted by atomic mass is 9.65. The van der Waals surface area contributed by atoms with Crippen LogP contribution in [0.2, 0.25) is 0 Å². The number of ether oxygens (including phenoxy) is 8. The largest absolute Gasteiger partial charge is 0.352 e. The van der Waals surface area contributed by atoms with Crippen molar-refractivity contribution in [2.24, 2.45) is 31.8 Å². The van der Waals surface area contributed by atoms with Crippen LogP contribution in [0.5, 0.6) is 0 Å². The van der Waals surface area contributed by atoms with E-state index in [0.717, 1.165) is 22.3 Å². The molecule has 4 aromatic carbocycles. The second-order valence-corrected chi connectivity index (χ2v) is 15.7. The molecule has 0 amide bonds. The number of methoxy groups -OCH3 is 8. The van der Waals surface area contributed by atoms with Crippen molar-refractivity contribution in [2.45, 2.75) is 47.3 Å². The van der Waals surface area contributed by atoms with E-state index < -0.39 is 46.3 Å². The Morgan fingerprint density at radius 2 is 0.597 bits per heavy atom. The molecule has 322 valence electrons. The van der Waals surface area contributed by atoms with Crippen molar-refractivity contribution >= 4 is 22.8 Å². The summed E-state index contributed by atoms with van der Waals surface area (Å²) >= 11 is 0. The van der Waals surface area contributed by atoms with Gasteiger partial charge in [0.2, 0.25) is 11.3 Å². The second kappa shape index (κ2) is 17.1. The smallest absolute Gasteiger partial charge is 0.208 e. The summed E-state index contributed by atoms with van der Waals surface area (Å²) < 4.78 is 50.7. The van der Waals surface area contributed by atoms with Crippen molar-refractivity contribution in [3.63, 3.8) is 0 Å². The molecule has 4 aliphatic rings. The molecule has 4 aromatic rings. The van der Waals surface area contributed by atoms with E-state index >= 15 is 0 Å². The van der Waals surface area contributed by atoms with Gasteiger partial charge in [0.05, 0.1) is 47.5 Å². The first kappa shape index (κ1) is 43.4. The standard InChI is InChI=1S/C50H54N4O8/c1-55-45(56-2)31-29-39(47(33-45,59-5)60-6)49(51-41(35-21-13-9-14-22-35)42(52-49)36-23-15-10-16-24-36)50(40-30-32-46(57-3,58-4)34-48(40,61-7)62-8)53-43(37-25-17-11-18-26-37)44(54-50)38-27-19-12-20-28-38/h9-32,39-40H,33-34H2,1-8H3. The predicted octanol–water partition coefficient (Wildman–Crippen LogP) is 7.47.